The molecule has 0 amide bonds. The maximum Gasteiger partial charge on any atom is 0.00101 e. The Balaban J connectivity index is 3.43. The fraction of sp³-hybridized carbons (Fsp3) is 0.778. The Kier molecular flexibility index (Phi) is 4.17. The standard InChI is InChI=1S/C9H19N/c1-7(2)5-8(3)6-9(4)10/h7-8H,4-6,10H2,1-3H3/t8-/m1/s1. The van der Waals surface area contributed by atoms with Crippen molar-refractivity contribution in [2.75, 3.05) is 0 Å². The molecule has 0 spiro atoms. The van der Waals surface area contributed by atoms with Crippen molar-refractivity contribution in [3.05, 3.63) is 12.3 Å². The van der Waals surface area contributed by atoms with Crippen LogP contribution in [0.25, 0.3) is 0 Å². The smallest absolute Gasteiger partial charge is 0.00101 e. The minimum atomic E-state index is 0.692. The topological polar surface area (TPSA) is 26.0 Å². The summed E-state index contributed by atoms with van der Waals surface area (Å²) in [6, 6.07) is 0. The van der Waals surface area contributed by atoms with Crippen molar-refractivity contribution in [2.45, 2.75) is 33.6 Å². The molecule has 1 nitrogen and oxygen atoms in total. The van der Waals surface area contributed by atoms with E-state index >= 15 is 0 Å². The van der Waals surface area contributed by atoms with Gasteiger partial charge in [-0.1, -0.05) is 27.4 Å². The fourth-order valence-corrected chi connectivity index (χ4v) is 1.34. The minimum absolute atomic E-state index is 0.692. The van der Waals surface area contributed by atoms with Gasteiger partial charge in [0.05, 0.1) is 0 Å². The molecule has 1 atom stereocenters. The van der Waals surface area contributed by atoms with Gasteiger partial charge in [0.1, 0.15) is 0 Å². The first-order valence-corrected chi connectivity index (χ1v) is 3.95. The Bertz CT molecular complexity index is 105. The number of hydrogen-bond acceptors (Lipinski definition) is 1. The van der Waals surface area contributed by atoms with Gasteiger partial charge >= 0.3 is 0 Å². The zero-order valence-electron chi connectivity index (χ0n) is 7.35. The third kappa shape index (κ3) is 5.67. The maximum absolute atomic E-state index is 5.47. The summed E-state index contributed by atoms with van der Waals surface area (Å²) in [5, 5.41) is 0. The fourth-order valence-electron chi connectivity index (χ4n) is 1.34. The molecule has 0 aliphatic heterocycles. The highest BCUT2D eigenvalue weighted by Crippen LogP contribution is 2.15. The van der Waals surface area contributed by atoms with Gasteiger partial charge in [-0.25, -0.2) is 0 Å². The predicted octanol–water partition coefficient (Wildman–Crippen LogP) is 2.53. The first kappa shape index (κ1) is 9.54. The molecule has 0 heterocycles. The summed E-state index contributed by atoms with van der Waals surface area (Å²) < 4.78 is 0. The summed E-state index contributed by atoms with van der Waals surface area (Å²) in [5.41, 5.74) is 6.29. The highest BCUT2D eigenvalue weighted by molar-refractivity contribution is 4.87. The molecule has 1 heteroatoms. The molecule has 0 rings (SSSR count). The largest absolute Gasteiger partial charge is 0.403 e. The lowest BCUT2D eigenvalue weighted by atomic mass is 9.95. The van der Waals surface area contributed by atoms with E-state index in [0.29, 0.717) is 5.92 Å². The average molecular weight is 141 g/mol. The number of hydrogen-bond donors (Lipinski definition) is 1. The van der Waals surface area contributed by atoms with Crippen molar-refractivity contribution in [1.82, 2.24) is 0 Å². The molecule has 0 unspecified atom stereocenters. The molecule has 0 fully saturated rings. The normalized spacial score (nSPS) is 13.6. The molecule has 10 heavy (non-hydrogen) atoms. The van der Waals surface area contributed by atoms with Crippen molar-refractivity contribution in [2.24, 2.45) is 17.6 Å². The van der Waals surface area contributed by atoms with E-state index in [-0.39, 0.29) is 0 Å². The van der Waals surface area contributed by atoms with Crippen LogP contribution in [-0.4, -0.2) is 0 Å². The first-order valence-electron chi connectivity index (χ1n) is 3.95. The highest BCUT2D eigenvalue weighted by atomic mass is 14.6. The molecule has 0 bridgehead atoms. The maximum atomic E-state index is 5.47. The van der Waals surface area contributed by atoms with Crippen LogP contribution in [0, 0.1) is 11.8 Å². The van der Waals surface area contributed by atoms with Crippen LogP contribution in [0.15, 0.2) is 12.3 Å². The zero-order chi connectivity index (χ0) is 8.15. The predicted molar refractivity (Wildman–Crippen MR) is 46.6 cm³/mol. The van der Waals surface area contributed by atoms with Crippen LogP contribution in [-0.2, 0) is 0 Å². The molecule has 0 saturated carbocycles. The molecule has 0 aromatic rings. The van der Waals surface area contributed by atoms with Gasteiger partial charge in [-0.3, -0.25) is 0 Å². The number of rotatable bonds is 4. The van der Waals surface area contributed by atoms with Crippen molar-refractivity contribution < 1.29 is 0 Å². The summed E-state index contributed by atoms with van der Waals surface area (Å²) in [6.45, 7) is 10.4. The molecular formula is C9H19N. The van der Waals surface area contributed by atoms with E-state index in [0.717, 1.165) is 18.0 Å². The van der Waals surface area contributed by atoms with E-state index in [2.05, 4.69) is 27.4 Å². The number of nitrogens with two attached hydrogens (primary N) is 1. The summed E-state index contributed by atoms with van der Waals surface area (Å²) in [4.78, 5) is 0. The quantitative estimate of drug-likeness (QED) is 0.639. The van der Waals surface area contributed by atoms with Gasteiger partial charge < -0.3 is 5.73 Å². The number of allylic oxidation sites excluding steroid dienone is 1. The van der Waals surface area contributed by atoms with Gasteiger partial charge in [0.2, 0.25) is 0 Å². The monoisotopic (exact) mass is 141 g/mol. The first-order chi connectivity index (χ1) is 4.52. The lowest BCUT2D eigenvalue weighted by molar-refractivity contribution is 0.435. The second kappa shape index (κ2) is 4.37. The van der Waals surface area contributed by atoms with Gasteiger partial charge in [-0.2, -0.15) is 0 Å². The highest BCUT2D eigenvalue weighted by Gasteiger charge is 2.04. The molecule has 0 aromatic heterocycles. The lowest BCUT2D eigenvalue weighted by Crippen LogP contribution is -2.05. The van der Waals surface area contributed by atoms with E-state index in [1.54, 1.807) is 0 Å². The summed E-state index contributed by atoms with van der Waals surface area (Å²) >= 11 is 0. The molecule has 0 aliphatic carbocycles. The van der Waals surface area contributed by atoms with Gasteiger partial charge in [-0.05, 0) is 24.7 Å². The van der Waals surface area contributed by atoms with Crippen LogP contribution in [0.3, 0.4) is 0 Å². The Labute approximate surface area is 64.3 Å². The third-order valence-corrected chi connectivity index (χ3v) is 1.48. The van der Waals surface area contributed by atoms with Crippen molar-refractivity contribution >= 4 is 0 Å². The summed E-state index contributed by atoms with van der Waals surface area (Å²) in [6.07, 6.45) is 2.22. The SMILES string of the molecule is C=C(N)C[C@H](C)CC(C)C. The average Bonchev–Trinajstić information content (AvgIpc) is 1.58. The summed E-state index contributed by atoms with van der Waals surface area (Å²) in [5.74, 6) is 1.46. The van der Waals surface area contributed by atoms with Crippen molar-refractivity contribution in [3.63, 3.8) is 0 Å². The third-order valence-electron chi connectivity index (χ3n) is 1.48. The molecule has 2 N–H and O–H groups in total. The molecule has 0 radical (unpaired) electrons. The molecule has 0 aliphatic rings. The molecule has 0 saturated heterocycles. The molecular weight excluding hydrogens is 122 g/mol. The molecule has 0 aromatic carbocycles. The van der Waals surface area contributed by atoms with E-state index < -0.39 is 0 Å². The second-order valence-corrected chi connectivity index (χ2v) is 3.60. The van der Waals surface area contributed by atoms with Crippen LogP contribution < -0.4 is 5.73 Å². The van der Waals surface area contributed by atoms with E-state index in [9.17, 15) is 0 Å². The minimum Gasteiger partial charge on any atom is -0.403 e. The van der Waals surface area contributed by atoms with Crippen LogP contribution in [0.2, 0.25) is 0 Å². The van der Waals surface area contributed by atoms with E-state index in [4.69, 9.17) is 5.73 Å². The van der Waals surface area contributed by atoms with E-state index in [1.807, 2.05) is 0 Å². The van der Waals surface area contributed by atoms with Crippen LogP contribution in [0.5, 0.6) is 0 Å². The molecule has 60 valence electrons. The zero-order valence-corrected chi connectivity index (χ0v) is 7.35. The van der Waals surface area contributed by atoms with Gasteiger partial charge in [0.25, 0.3) is 0 Å². The summed E-state index contributed by atoms with van der Waals surface area (Å²) in [7, 11) is 0. The van der Waals surface area contributed by atoms with Crippen molar-refractivity contribution in [1.29, 1.82) is 0 Å². The van der Waals surface area contributed by atoms with Gasteiger partial charge in [-0.15, -0.1) is 0 Å². The second-order valence-electron chi connectivity index (χ2n) is 3.60. The Morgan fingerprint density at radius 1 is 1.40 bits per heavy atom. The van der Waals surface area contributed by atoms with Crippen LogP contribution in [0.1, 0.15) is 33.6 Å². The Morgan fingerprint density at radius 2 is 1.90 bits per heavy atom. The Hall–Kier alpha value is -0.460. The van der Waals surface area contributed by atoms with Crippen LogP contribution in [0.4, 0.5) is 0 Å². The lowest BCUT2D eigenvalue weighted by Gasteiger charge is -2.12. The van der Waals surface area contributed by atoms with Crippen LogP contribution >= 0.6 is 0 Å². The van der Waals surface area contributed by atoms with Gasteiger partial charge in [0, 0.05) is 5.70 Å². The Morgan fingerprint density at radius 3 is 2.20 bits per heavy atom. The van der Waals surface area contributed by atoms with Crippen molar-refractivity contribution in [3.8, 4) is 0 Å². The van der Waals surface area contributed by atoms with E-state index in [1.165, 1.54) is 6.42 Å². The van der Waals surface area contributed by atoms with Gasteiger partial charge in [0.15, 0.2) is 0 Å².